The maximum atomic E-state index is 11.7. The molecule has 0 N–H and O–H groups in total. The third kappa shape index (κ3) is 3.77. The van der Waals surface area contributed by atoms with E-state index in [1.54, 1.807) is 13.1 Å². The molecule has 1 fully saturated rings. The first-order valence-electron chi connectivity index (χ1n) is 7.16. The van der Waals surface area contributed by atoms with Crippen LogP contribution in [0.1, 0.15) is 17.3 Å². The van der Waals surface area contributed by atoms with Crippen molar-refractivity contribution in [2.75, 3.05) is 58.3 Å². The second-order valence-corrected chi connectivity index (χ2v) is 5.56. The molecule has 0 bridgehead atoms. The second kappa shape index (κ2) is 6.81. The van der Waals surface area contributed by atoms with Crippen LogP contribution in [0.25, 0.3) is 0 Å². The molecule has 5 nitrogen and oxygen atoms in total. The number of ketones is 1. The van der Waals surface area contributed by atoms with Crippen LogP contribution in [0.2, 0.25) is 0 Å². The van der Waals surface area contributed by atoms with Crippen LogP contribution < -0.4 is 4.90 Å². The van der Waals surface area contributed by atoms with E-state index in [0.29, 0.717) is 0 Å². The van der Waals surface area contributed by atoms with E-state index in [9.17, 15) is 4.79 Å². The maximum absolute atomic E-state index is 11.7. The van der Waals surface area contributed by atoms with Gasteiger partial charge >= 0.3 is 0 Å². The van der Waals surface area contributed by atoms with Crippen LogP contribution >= 0.6 is 0 Å². The zero-order valence-corrected chi connectivity index (χ0v) is 12.7. The molecule has 1 aromatic rings. The van der Waals surface area contributed by atoms with E-state index in [1.807, 2.05) is 12.1 Å². The molecule has 0 atom stereocenters. The third-order valence-electron chi connectivity index (χ3n) is 3.70. The number of anilines is 1. The molecular formula is C15H24N4O. The number of rotatable bonds is 5. The van der Waals surface area contributed by atoms with Crippen molar-refractivity contribution in [1.29, 1.82) is 0 Å². The Balaban J connectivity index is 1.95. The van der Waals surface area contributed by atoms with Crippen LogP contribution in [-0.4, -0.2) is 73.9 Å². The summed E-state index contributed by atoms with van der Waals surface area (Å²) in [5.41, 5.74) is 0.731. The van der Waals surface area contributed by atoms with Crippen molar-refractivity contribution in [3.63, 3.8) is 0 Å². The SMILES string of the molecule is CC(=O)c1cccnc1N1CCN(CCN(C)C)CC1. The molecule has 0 radical (unpaired) electrons. The Kier molecular flexibility index (Phi) is 5.09. The van der Waals surface area contributed by atoms with Crippen molar-refractivity contribution in [3.05, 3.63) is 23.9 Å². The zero-order chi connectivity index (χ0) is 14.5. The smallest absolute Gasteiger partial charge is 0.163 e. The van der Waals surface area contributed by atoms with Gasteiger partial charge in [-0.05, 0) is 33.2 Å². The molecule has 0 saturated carbocycles. The lowest BCUT2D eigenvalue weighted by Crippen LogP contribution is -2.48. The molecule has 20 heavy (non-hydrogen) atoms. The molecule has 0 aromatic carbocycles. The summed E-state index contributed by atoms with van der Waals surface area (Å²) in [6.45, 7) is 7.72. The average molecular weight is 276 g/mol. The summed E-state index contributed by atoms with van der Waals surface area (Å²) in [5.74, 6) is 0.926. The molecule has 0 spiro atoms. The number of aromatic nitrogens is 1. The predicted molar refractivity (Wildman–Crippen MR) is 81.4 cm³/mol. The number of pyridine rings is 1. The predicted octanol–water partition coefficient (Wildman–Crippen LogP) is 0.968. The minimum atomic E-state index is 0.0862. The fourth-order valence-corrected chi connectivity index (χ4v) is 2.45. The molecule has 1 aliphatic heterocycles. The minimum Gasteiger partial charge on any atom is -0.353 e. The monoisotopic (exact) mass is 276 g/mol. The fraction of sp³-hybridized carbons (Fsp3) is 0.600. The first-order chi connectivity index (χ1) is 9.58. The van der Waals surface area contributed by atoms with Gasteiger partial charge in [0.2, 0.25) is 0 Å². The molecule has 2 heterocycles. The maximum Gasteiger partial charge on any atom is 0.163 e. The minimum absolute atomic E-state index is 0.0862. The summed E-state index contributed by atoms with van der Waals surface area (Å²) < 4.78 is 0. The lowest BCUT2D eigenvalue weighted by Gasteiger charge is -2.36. The molecule has 1 saturated heterocycles. The molecule has 1 aromatic heterocycles. The number of Topliss-reactive ketones (excluding diaryl/α,β-unsaturated/α-hetero) is 1. The Hall–Kier alpha value is -1.46. The largest absolute Gasteiger partial charge is 0.353 e. The number of hydrogen-bond acceptors (Lipinski definition) is 5. The number of nitrogens with zero attached hydrogens (tertiary/aromatic N) is 4. The summed E-state index contributed by atoms with van der Waals surface area (Å²) in [4.78, 5) is 23.0. The Morgan fingerprint density at radius 2 is 2.00 bits per heavy atom. The lowest BCUT2D eigenvalue weighted by atomic mass is 10.1. The Morgan fingerprint density at radius 1 is 1.30 bits per heavy atom. The van der Waals surface area contributed by atoms with Gasteiger partial charge in [-0.1, -0.05) is 0 Å². The van der Waals surface area contributed by atoms with Crippen molar-refractivity contribution < 1.29 is 4.79 Å². The highest BCUT2D eigenvalue weighted by Crippen LogP contribution is 2.19. The number of carbonyl (C=O) groups is 1. The normalized spacial score (nSPS) is 16.7. The summed E-state index contributed by atoms with van der Waals surface area (Å²) in [5, 5.41) is 0. The van der Waals surface area contributed by atoms with Gasteiger partial charge in [0.05, 0.1) is 5.56 Å². The number of hydrogen-bond donors (Lipinski definition) is 0. The fourth-order valence-electron chi connectivity index (χ4n) is 2.45. The molecule has 0 amide bonds. The van der Waals surface area contributed by atoms with E-state index < -0.39 is 0 Å². The van der Waals surface area contributed by atoms with Crippen LogP contribution in [0.4, 0.5) is 5.82 Å². The van der Waals surface area contributed by atoms with Gasteiger partial charge < -0.3 is 9.80 Å². The average Bonchev–Trinajstić information content (AvgIpc) is 2.45. The van der Waals surface area contributed by atoms with E-state index in [2.05, 4.69) is 33.8 Å². The molecule has 110 valence electrons. The van der Waals surface area contributed by atoms with Gasteiger partial charge in [-0.3, -0.25) is 9.69 Å². The van der Waals surface area contributed by atoms with E-state index in [1.165, 1.54) is 0 Å². The Labute approximate surface area is 121 Å². The van der Waals surface area contributed by atoms with Crippen LogP contribution in [0.15, 0.2) is 18.3 Å². The molecule has 0 unspecified atom stereocenters. The lowest BCUT2D eigenvalue weighted by molar-refractivity contribution is 0.101. The van der Waals surface area contributed by atoms with E-state index in [0.717, 1.165) is 50.6 Å². The highest BCUT2D eigenvalue weighted by molar-refractivity contribution is 5.98. The van der Waals surface area contributed by atoms with Crippen molar-refractivity contribution in [1.82, 2.24) is 14.8 Å². The number of piperazine rings is 1. The van der Waals surface area contributed by atoms with Crippen molar-refractivity contribution >= 4 is 11.6 Å². The van der Waals surface area contributed by atoms with Gasteiger partial charge in [-0.25, -0.2) is 4.98 Å². The van der Waals surface area contributed by atoms with Gasteiger partial charge in [-0.2, -0.15) is 0 Å². The van der Waals surface area contributed by atoms with Crippen molar-refractivity contribution in [2.45, 2.75) is 6.92 Å². The topological polar surface area (TPSA) is 39.7 Å². The molecule has 2 rings (SSSR count). The highest BCUT2D eigenvalue weighted by Gasteiger charge is 2.20. The van der Waals surface area contributed by atoms with Gasteiger partial charge in [0, 0.05) is 45.5 Å². The van der Waals surface area contributed by atoms with Crippen LogP contribution in [-0.2, 0) is 0 Å². The van der Waals surface area contributed by atoms with Gasteiger partial charge in [-0.15, -0.1) is 0 Å². The Morgan fingerprint density at radius 3 is 2.60 bits per heavy atom. The number of likely N-dealkylation sites (N-methyl/N-ethyl adjacent to an activating group) is 1. The molecule has 0 aliphatic carbocycles. The van der Waals surface area contributed by atoms with Gasteiger partial charge in [0.15, 0.2) is 5.78 Å². The van der Waals surface area contributed by atoms with Gasteiger partial charge in [0.25, 0.3) is 0 Å². The quantitative estimate of drug-likeness (QED) is 0.749. The first kappa shape index (κ1) is 14.9. The summed E-state index contributed by atoms with van der Waals surface area (Å²) in [6.07, 6.45) is 1.76. The zero-order valence-electron chi connectivity index (χ0n) is 12.7. The van der Waals surface area contributed by atoms with Crippen molar-refractivity contribution in [2.24, 2.45) is 0 Å². The molecular weight excluding hydrogens is 252 g/mol. The van der Waals surface area contributed by atoms with E-state index >= 15 is 0 Å². The standard InChI is InChI=1S/C15H24N4O/c1-13(20)14-5-4-6-16-15(14)19-11-9-18(10-12-19)8-7-17(2)3/h4-6H,7-12H2,1-3H3. The number of carbonyl (C=O) groups excluding carboxylic acids is 1. The third-order valence-corrected chi connectivity index (χ3v) is 3.70. The van der Waals surface area contributed by atoms with Crippen molar-refractivity contribution in [3.8, 4) is 0 Å². The van der Waals surface area contributed by atoms with Crippen LogP contribution in [0.3, 0.4) is 0 Å². The summed E-state index contributed by atoms with van der Waals surface area (Å²) in [6, 6.07) is 3.69. The summed E-state index contributed by atoms with van der Waals surface area (Å²) >= 11 is 0. The second-order valence-electron chi connectivity index (χ2n) is 5.56. The first-order valence-corrected chi connectivity index (χ1v) is 7.16. The van der Waals surface area contributed by atoms with Crippen LogP contribution in [0, 0.1) is 0 Å². The van der Waals surface area contributed by atoms with Gasteiger partial charge in [0.1, 0.15) is 5.82 Å². The summed E-state index contributed by atoms with van der Waals surface area (Å²) in [7, 11) is 4.20. The van der Waals surface area contributed by atoms with E-state index in [-0.39, 0.29) is 5.78 Å². The molecule has 5 heteroatoms. The van der Waals surface area contributed by atoms with Crippen LogP contribution in [0.5, 0.6) is 0 Å². The highest BCUT2D eigenvalue weighted by atomic mass is 16.1. The van der Waals surface area contributed by atoms with E-state index in [4.69, 9.17) is 0 Å². The Bertz CT molecular complexity index is 453. The molecule has 1 aliphatic rings.